The number of aromatic nitrogens is 2. The number of rotatable bonds is 8. The molecule has 0 aliphatic rings. The van der Waals surface area contributed by atoms with Gasteiger partial charge in [-0.15, -0.1) is 0 Å². The first-order chi connectivity index (χ1) is 9.06. The van der Waals surface area contributed by atoms with Crippen LogP contribution in [0.4, 0.5) is 0 Å². The fourth-order valence-electron chi connectivity index (χ4n) is 2.71. The molecule has 0 aromatic carbocycles. The van der Waals surface area contributed by atoms with E-state index in [0.29, 0.717) is 0 Å². The second-order valence-electron chi connectivity index (χ2n) is 5.00. The molecule has 1 heterocycles. The van der Waals surface area contributed by atoms with Gasteiger partial charge in [-0.05, 0) is 25.3 Å². The molecule has 19 heavy (non-hydrogen) atoms. The Bertz CT molecular complexity index is 377. The lowest BCUT2D eigenvalue weighted by molar-refractivity contribution is -0.0476. The zero-order chi connectivity index (χ0) is 14.5. The van der Waals surface area contributed by atoms with Crippen molar-refractivity contribution in [3.8, 4) is 0 Å². The van der Waals surface area contributed by atoms with Crippen LogP contribution in [0.15, 0.2) is 6.07 Å². The van der Waals surface area contributed by atoms with Crippen LogP contribution in [0.2, 0.25) is 0 Å². The number of ether oxygens (including phenoxy) is 1. The average Bonchev–Trinajstić information content (AvgIpc) is 2.80. The molecule has 0 saturated heterocycles. The summed E-state index contributed by atoms with van der Waals surface area (Å²) in [5.74, 6) is 5.76. The highest BCUT2D eigenvalue weighted by Gasteiger charge is 2.35. The number of hydrogen-bond donors (Lipinski definition) is 2. The molecule has 0 radical (unpaired) electrons. The fourth-order valence-corrected chi connectivity index (χ4v) is 2.71. The van der Waals surface area contributed by atoms with Gasteiger partial charge in [0.1, 0.15) is 0 Å². The third-order valence-corrected chi connectivity index (χ3v) is 4.24. The van der Waals surface area contributed by atoms with Gasteiger partial charge in [0.15, 0.2) is 0 Å². The van der Waals surface area contributed by atoms with Crippen molar-refractivity contribution in [2.75, 3.05) is 7.11 Å². The summed E-state index contributed by atoms with van der Waals surface area (Å²) in [5, 5.41) is 4.48. The molecule has 1 rings (SSSR count). The van der Waals surface area contributed by atoms with E-state index in [2.05, 4.69) is 37.4 Å². The van der Waals surface area contributed by atoms with Crippen LogP contribution in [-0.4, -0.2) is 28.5 Å². The minimum Gasteiger partial charge on any atom is -0.377 e. The summed E-state index contributed by atoms with van der Waals surface area (Å²) >= 11 is 0. The summed E-state index contributed by atoms with van der Waals surface area (Å²) < 4.78 is 7.70. The average molecular weight is 268 g/mol. The molecule has 5 nitrogen and oxygen atoms in total. The van der Waals surface area contributed by atoms with Crippen LogP contribution < -0.4 is 11.3 Å². The van der Waals surface area contributed by atoms with Gasteiger partial charge in [0.2, 0.25) is 0 Å². The van der Waals surface area contributed by atoms with Crippen molar-refractivity contribution in [2.45, 2.75) is 58.1 Å². The zero-order valence-corrected chi connectivity index (χ0v) is 12.9. The van der Waals surface area contributed by atoms with E-state index in [-0.39, 0.29) is 11.6 Å². The SMILES string of the molecule is CCc1cc(CC(NN)C(CC)(CC)OC)n(C)n1. The second-order valence-corrected chi connectivity index (χ2v) is 5.00. The third-order valence-electron chi connectivity index (χ3n) is 4.24. The van der Waals surface area contributed by atoms with E-state index in [9.17, 15) is 0 Å². The number of methoxy groups -OCH3 is 1. The lowest BCUT2D eigenvalue weighted by Gasteiger charge is -2.38. The Morgan fingerprint density at radius 3 is 2.42 bits per heavy atom. The molecule has 0 saturated carbocycles. The van der Waals surface area contributed by atoms with Crippen molar-refractivity contribution in [1.82, 2.24) is 15.2 Å². The molecule has 0 fully saturated rings. The maximum Gasteiger partial charge on any atom is 0.0842 e. The monoisotopic (exact) mass is 268 g/mol. The number of nitrogens with one attached hydrogen (secondary N) is 1. The summed E-state index contributed by atoms with van der Waals surface area (Å²) in [7, 11) is 3.74. The molecule has 110 valence electrons. The molecule has 5 heteroatoms. The Balaban J connectivity index is 2.94. The van der Waals surface area contributed by atoms with Gasteiger partial charge in [0, 0.05) is 26.3 Å². The second kappa shape index (κ2) is 7.03. The van der Waals surface area contributed by atoms with Crippen LogP contribution in [-0.2, 0) is 24.6 Å². The quantitative estimate of drug-likeness (QED) is 0.555. The topological polar surface area (TPSA) is 65.1 Å². The van der Waals surface area contributed by atoms with Gasteiger partial charge in [0.05, 0.1) is 17.3 Å². The molecule has 3 N–H and O–H groups in total. The van der Waals surface area contributed by atoms with Gasteiger partial charge in [-0.3, -0.25) is 16.0 Å². The lowest BCUT2D eigenvalue weighted by Crippen LogP contribution is -2.55. The van der Waals surface area contributed by atoms with Crippen molar-refractivity contribution < 1.29 is 4.74 Å². The predicted molar refractivity (Wildman–Crippen MR) is 77.7 cm³/mol. The Morgan fingerprint density at radius 1 is 1.42 bits per heavy atom. The number of hydrazine groups is 1. The number of nitrogens with two attached hydrogens (primary N) is 1. The molecule has 0 spiro atoms. The molecular formula is C14H28N4O. The Morgan fingerprint density at radius 2 is 2.05 bits per heavy atom. The number of nitrogens with zero attached hydrogens (tertiary/aromatic N) is 2. The van der Waals surface area contributed by atoms with Crippen molar-refractivity contribution in [1.29, 1.82) is 0 Å². The normalized spacial score (nSPS) is 13.8. The fraction of sp³-hybridized carbons (Fsp3) is 0.786. The highest BCUT2D eigenvalue weighted by atomic mass is 16.5. The summed E-state index contributed by atoms with van der Waals surface area (Å²) in [6.07, 6.45) is 3.61. The minimum atomic E-state index is -0.231. The lowest BCUT2D eigenvalue weighted by atomic mass is 9.85. The largest absolute Gasteiger partial charge is 0.377 e. The van der Waals surface area contributed by atoms with Gasteiger partial charge in [-0.2, -0.15) is 5.10 Å². The highest BCUT2D eigenvalue weighted by Crippen LogP contribution is 2.26. The summed E-state index contributed by atoms with van der Waals surface area (Å²) in [4.78, 5) is 0. The van der Waals surface area contributed by atoms with E-state index in [0.717, 1.165) is 31.4 Å². The summed E-state index contributed by atoms with van der Waals surface area (Å²) in [6, 6.07) is 2.23. The van der Waals surface area contributed by atoms with Crippen LogP contribution in [0.3, 0.4) is 0 Å². The van der Waals surface area contributed by atoms with Gasteiger partial charge in [-0.1, -0.05) is 20.8 Å². The molecule has 1 atom stereocenters. The number of hydrogen-bond acceptors (Lipinski definition) is 4. The molecule has 1 aromatic rings. The molecule has 0 aliphatic heterocycles. The van der Waals surface area contributed by atoms with Gasteiger partial charge >= 0.3 is 0 Å². The molecule has 0 aliphatic carbocycles. The van der Waals surface area contributed by atoms with Gasteiger partial charge in [0.25, 0.3) is 0 Å². The van der Waals surface area contributed by atoms with E-state index in [1.165, 1.54) is 5.69 Å². The van der Waals surface area contributed by atoms with Crippen molar-refractivity contribution >= 4 is 0 Å². The minimum absolute atomic E-state index is 0.0765. The summed E-state index contributed by atoms with van der Waals surface area (Å²) in [6.45, 7) is 6.39. The molecule has 0 amide bonds. The van der Waals surface area contributed by atoms with E-state index in [1.54, 1.807) is 7.11 Å². The summed E-state index contributed by atoms with van der Waals surface area (Å²) in [5.41, 5.74) is 5.00. The standard InChI is InChI=1S/C14H28N4O/c1-6-11-9-12(18(4)17-11)10-13(16-15)14(7-2,8-3)19-5/h9,13,16H,6-8,10,15H2,1-5H3. The smallest absolute Gasteiger partial charge is 0.0842 e. The third kappa shape index (κ3) is 3.35. The first-order valence-electron chi connectivity index (χ1n) is 7.09. The Labute approximate surface area is 116 Å². The van der Waals surface area contributed by atoms with E-state index < -0.39 is 0 Å². The predicted octanol–water partition coefficient (Wildman–Crippen LogP) is 1.56. The zero-order valence-electron chi connectivity index (χ0n) is 12.9. The van der Waals surface area contributed by atoms with Crippen LogP contribution in [0.1, 0.15) is 45.0 Å². The Hall–Kier alpha value is -0.910. The van der Waals surface area contributed by atoms with Crippen LogP contribution in [0.25, 0.3) is 0 Å². The van der Waals surface area contributed by atoms with Crippen molar-refractivity contribution in [2.24, 2.45) is 12.9 Å². The van der Waals surface area contributed by atoms with Gasteiger partial charge < -0.3 is 4.74 Å². The van der Waals surface area contributed by atoms with Crippen LogP contribution in [0, 0.1) is 0 Å². The first kappa shape index (κ1) is 16.1. The van der Waals surface area contributed by atoms with Gasteiger partial charge in [-0.25, -0.2) is 0 Å². The molecule has 0 bridgehead atoms. The van der Waals surface area contributed by atoms with E-state index in [1.807, 2.05) is 11.7 Å². The number of aryl methyl sites for hydroxylation is 2. The first-order valence-corrected chi connectivity index (χ1v) is 7.09. The molecular weight excluding hydrogens is 240 g/mol. The molecule has 1 unspecified atom stereocenters. The highest BCUT2D eigenvalue weighted by molar-refractivity contribution is 5.13. The maximum absolute atomic E-state index is 5.76. The van der Waals surface area contributed by atoms with E-state index >= 15 is 0 Å². The van der Waals surface area contributed by atoms with Crippen molar-refractivity contribution in [3.05, 3.63) is 17.5 Å². The van der Waals surface area contributed by atoms with Crippen LogP contribution >= 0.6 is 0 Å². The maximum atomic E-state index is 5.76. The van der Waals surface area contributed by atoms with Crippen molar-refractivity contribution in [3.63, 3.8) is 0 Å². The Kier molecular flexibility index (Phi) is 5.97. The van der Waals surface area contributed by atoms with Crippen LogP contribution in [0.5, 0.6) is 0 Å². The molecule has 1 aromatic heterocycles. The van der Waals surface area contributed by atoms with E-state index in [4.69, 9.17) is 10.6 Å².